The number of nitrogens with zero attached hydrogens (tertiary/aromatic N) is 1. The number of benzene rings is 2. The van der Waals surface area contributed by atoms with Gasteiger partial charge in [0.25, 0.3) is 5.91 Å². The van der Waals surface area contributed by atoms with Gasteiger partial charge in [-0.2, -0.15) is 0 Å². The number of aliphatic hydroxyl groups is 3. The second-order valence-corrected chi connectivity index (χ2v) is 9.43. The first-order valence-corrected chi connectivity index (χ1v) is 10.9. The molecule has 1 fully saturated rings. The zero-order valence-corrected chi connectivity index (χ0v) is 18.6. The van der Waals surface area contributed by atoms with E-state index in [0.29, 0.717) is 5.56 Å². The van der Waals surface area contributed by atoms with Gasteiger partial charge in [-0.25, -0.2) is 0 Å². The van der Waals surface area contributed by atoms with Crippen molar-refractivity contribution in [1.29, 1.82) is 0 Å². The summed E-state index contributed by atoms with van der Waals surface area (Å²) in [5, 5.41) is 45.8. The number of hydrogen-bond donors (Lipinski definition) is 5. The number of phenolic OH excluding ortho intramolecular Hbond substituents is 1. The number of rotatable bonds is 2. The maximum Gasteiger partial charge on any atom is 0.255 e. The molecule has 0 bridgehead atoms. The average Bonchev–Trinajstić information content (AvgIpc) is 2.75. The lowest BCUT2D eigenvalue weighted by Gasteiger charge is -2.50. The largest absolute Gasteiger partial charge is 0.508 e. The first kappa shape index (κ1) is 22.1. The van der Waals surface area contributed by atoms with Crippen LogP contribution in [-0.2, 0) is 20.8 Å². The summed E-state index contributed by atoms with van der Waals surface area (Å²) in [6, 6.07) is 7.72. The third kappa shape index (κ3) is 2.65. The van der Waals surface area contributed by atoms with Crippen molar-refractivity contribution in [3.05, 3.63) is 58.4 Å². The Morgan fingerprint density at radius 3 is 2.47 bits per heavy atom. The van der Waals surface area contributed by atoms with Crippen molar-refractivity contribution in [1.82, 2.24) is 4.90 Å². The molecule has 0 aliphatic heterocycles. The van der Waals surface area contributed by atoms with Gasteiger partial charge < -0.3 is 26.2 Å². The molecule has 2 aromatic rings. The Kier molecular flexibility index (Phi) is 4.65. The predicted molar refractivity (Wildman–Crippen MR) is 122 cm³/mol. The molecular formula is C25H24N2O7. The van der Waals surface area contributed by atoms with E-state index >= 15 is 0 Å². The molecule has 5 rings (SSSR count). The second kappa shape index (κ2) is 7.15. The highest BCUT2D eigenvalue weighted by molar-refractivity contribution is 6.24. The van der Waals surface area contributed by atoms with Gasteiger partial charge in [-0.3, -0.25) is 19.3 Å². The number of ketones is 2. The molecule has 1 amide bonds. The minimum absolute atomic E-state index is 0.0652. The van der Waals surface area contributed by atoms with Crippen molar-refractivity contribution >= 4 is 34.0 Å². The maximum atomic E-state index is 13.7. The first-order valence-electron chi connectivity index (χ1n) is 10.9. The van der Waals surface area contributed by atoms with Crippen molar-refractivity contribution in [2.24, 2.45) is 17.6 Å². The van der Waals surface area contributed by atoms with Gasteiger partial charge in [0.05, 0.1) is 11.6 Å². The summed E-state index contributed by atoms with van der Waals surface area (Å²) in [7, 11) is 3.14. The molecule has 34 heavy (non-hydrogen) atoms. The molecule has 0 aromatic heterocycles. The Morgan fingerprint density at radius 2 is 1.82 bits per heavy atom. The van der Waals surface area contributed by atoms with Crippen LogP contribution in [-0.4, -0.2) is 68.5 Å². The van der Waals surface area contributed by atoms with Gasteiger partial charge in [0, 0.05) is 11.5 Å². The number of nitrogens with two attached hydrogens (primary N) is 1. The van der Waals surface area contributed by atoms with Gasteiger partial charge in [-0.15, -0.1) is 0 Å². The van der Waals surface area contributed by atoms with Crippen LogP contribution in [0.3, 0.4) is 0 Å². The number of carbonyl (C=O) groups is 3. The smallest absolute Gasteiger partial charge is 0.255 e. The molecule has 3 aliphatic carbocycles. The quantitative estimate of drug-likeness (QED) is 0.413. The third-order valence-electron chi connectivity index (χ3n) is 7.45. The highest BCUT2D eigenvalue weighted by Crippen LogP contribution is 2.53. The molecule has 2 unspecified atom stereocenters. The molecule has 9 nitrogen and oxygen atoms in total. The van der Waals surface area contributed by atoms with Gasteiger partial charge in [0.2, 0.25) is 5.78 Å². The first-order chi connectivity index (χ1) is 16.0. The van der Waals surface area contributed by atoms with Crippen molar-refractivity contribution in [3.63, 3.8) is 0 Å². The van der Waals surface area contributed by atoms with E-state index in [-0.39, 0.29) is 29.7 Å². The van der Waals surface area contributed by atoms with E-state index in [2.05, 4.69) is 0 Å². The zero-order valence-electron chi connectivity index (χ0n) is 18.6. The van der Waals surface area contributed by atoms with E-state index in [4.69, 9.17) is 5.73 Å². The van der Waals surface area contributed by atoms with Crippen LogP contribution in [0.1, 0.15) is 17.5 Å². The minimum atomic E-state index is -2.63. The molecule has 0 saturated heterocycles. The van der Waals surface area contributed by atoms with Gasteiger partial charge in [0.15, 0.2) is 11.4 Å². The topological polar surface area (TPSA) is 161 Å². The molecule has 0 spiro atoms. The number of phenols is 1. The molecule has 0 radical (unpaired) electrons. The fourth-order valence-electron chi connectivity index (χ4n) is 6.01. The molecule has 2 aromatic carbocycles. The zero-order chi connectivity index (χ0) is 24.7. The summed E-state index contributed by atoms with van der Waals surface area (Å²) < 4.78 is 0. The van der Waals surface area contributed by atoms with E-state index in [1.54, 1.807) is 14.1 Å². The molecule has 0 heterocycles. The van der Waals surface area contributed by atoms with Gasteiger partial charge in [-0.05, 0) is 55.3 Å². The molecular weight excluding hydrogens is 440 g/mol. The molecule has 176 valence electrons. The van der Waals surface area contributed by atoms with Crippen LogP contribution < -0.4 is 5.73 Å². The number of aromatic hydroxyl groups is 1. The van der Waals surface area contributed by atoms with Crippen LogP contribution in [0.15, 0.2) is 47.2 Å². The van der Waals surface area contributed by atoms with Crippen LogP contribution in [0.4, 0.5) is 0 Å². The van der Waals surface area contributed by atoms with Crippen LogP contribution >= 0.6 is 0 Å². The monoisotopic (exact) mass is 464 g/mol. The summed E-state index contributed by atoms with van der Waals surface area (Å²) in [5.74, 6) is -6.52. The Balaban J connectivity index is 1.78. The lowest BCUT2D eigenvalue weighted by molar-refractivity contribution is -0.153. The lowest BCUT2D eigenvalue weighted by Crippen LogP contribution is -2.65. The SMILES string of the molecule is CN(C)[C@@H]1C(=O)C(C(N)=O)=C(O)[C@@]2(O)C(=O)C3=C(O)c4c(O)cc5ccccc5c4CC3CC12. The fraction of sp³-hybridized carbons (Fsp3) is 0.320. The number of likely N-dealkylation sites (N-methyl/N-ethyl adjacent to an activating group) is 1. The highest BCUT2D eigenvalue weighted by Gasteiger charge is 2.64. The van der Waals surface area contributed by atoms with Crippen LogP contribution in [0.2, 0.25) is 0 Å². The summed E-state index contributed by atoms with van der Waals surface area (Å²) in [6.07, 6.45) is 0.333. The number of aliphatic hydroxyl groups excluding tert-OH is 2. The summed E-state index contributed by atoms with van der Waals surface area (Å²) in [6.45, 7) is 0. The van der Waals surface area contributed by atoms with E-state index in [0.717, 1.165) is 10.8 Å². The highest BCUT2D eigenvalue weighted by atomic mass is 16.3. The van der Waals surface area contributed by atoms with E-state index in [1.807, 2.05) is 24.3 Å². The van der Waals surface area contributed by atoms with Crippen LogP contribution in [0.25, 0.3) is 16.5 Å². The summed E-state index contributed by atoms with van der Waals surface area (Å²) >= 11 is 0. The molecule has 4 atom stereocenters. The number of primary amides is 1. The lowest BCUT2D eigenvalue weighted by atomic mass is 9.57. The number of fused-ring (bicyclic) bond motifs is 5. The number of amides is 1. The Labute approximate surface area is 194 Å². The predicted octanol–water partition coefficient (Wildman–Crippen LogP) is 1.12. The standard InChI is InChI=1S/C25H24N2O7/c1-27(2)19-14-8-11-7-13-12-6-4-3-5-10(12)9-15(28)17(13)20(29)16(11)22(31)25(14,34)23(32)18(21(19)30)24(26)33/h3-6,9,11,14,19,28-29,32,34H,7-8H2,1-2H3,(H2,26,33)/t11?,14?,19-,25-/m0/s1. The van der Waals surface area contributed by atoms with Crippen LogP contribution in [0.5, 0.6) is 5.75 Å². The van der Waals surface area contributed by atoms with Crippen LogP contribution in [0, 0.1) is 11.8 Å². The van der Waals surface area contributed by atoms with Crippen molar-refractivity contribution in [2.75, 3.05) is 14.1 Å². The van der Waals surface area contributed by atoms with Gasteiger partial charge in [0.1, 0.15) is 22.8 Å². The summed E-state index contributed by atoms with van der Waals surface area (Å²) in [4.78, 5) is 40.3. The second-order valence-electron chi connectivity index (χ2n) is 9.43. The fourth-order valence-corrected chi connectivity index (χ4v) is 6.01. The minimum Gasteiger partial charge on any atom is -0.508 e. The Bertz CT molecular complexity index is 1370. The number of hydrogen-bond acceptors (Lipinski definition) is 8. The average molecular weight is 464 g/mol. The summed E-state index contributed by atoms with van der Waals surface area (Å²) in [5.41, 5.74) is 2.46. The Morgan fingerprint density at radius 1 is 1.15 bits per heavy atom. The normalized spacial score (nSPS) is 28.8. The van der Waals surface area contributed by atoms with Crippen molar-refractivity contribution in [3.8, 4) is 5.75 Å². The molecule has 9 heteroatoms. The van der Waals surface area contributed by atoms with Gasteiger partial charge in [-0.1, -0.05) is 24.3 Å². The molecule has 1 saturated carbocycles. The van der Waals surface area contributed by atoms with Crippen molar-refractivity contribution in [2.45, 2.75) is 24.5 Å². The number of carbonyl (C=O) groups excluding carboxylic acids is 3. The van der Waals surface area contributed by atoms with E-state index in [9.17, 15) is 34.8 Å². The molecule has 6 N–H and O–H groups in total. The molecule has 3 aliphatic rings. The number of Topliss-reactive ketones (excluding diaryl/α,β-unsaturated/α-hetero) is 2. The Hall–Kier alpha value is -3.69. The van der Waals surface area contributed by atoms with Gasteiger partial charge >= 0.3 is 0 Å². The van der Waals surface area contributed by atoms with Crippen molar-refractivity contribution < 1.29 is 34.8 Å². The third-order valence-corrected chi connectivity index (χ3v) is 7.45. The maximum absolute atomic E-state index is 13.7. The van der Waals surface area contributed by atoms with E-state index in [1.165, 1.54) is 11.0 Å². The van der Waals surface area contributed by atoms with E-state index < -0.39 is 58.0 Å².